The molecule has 2 aromatic carbocycles. The average Bonchev–Trinajstić information content (AvgIpc) is 3.52. The van der Waals surface area contributed by atoms with Crippen LogP contribution in [0.1, 0.15) is 39.7 Å². The third-order valence-electron chi connectivity index (χ3n) is 6.24. The Morgan fingerprint density at radius 3 is 2.42 bits per heavy atom. The number of furan rings is 1. The number of benzene rings is 2. The fourth-order valence-electron chi connectivity index (χ4n) is 4.51. The van der Waals surface area contributed by atoms with Crippen LogP contribution in [0.5, 0.6) is 5.88 Å². The van der Waals surface area contributed by atoms with Gasteiger partial charge < -0.3 is 18.6 Å². The van der Waals surface area contributed by atoms with Gasteiger partial charge >= 0.3 is 5.97 Å². The van der Waals surface area contributed by atoms with Gasteiger partial charge in [-0.05, 0) is 44.4 Å². The summed E-state index contributed by atoms with van der Waals surface area (Å²) in [5, 5.41) is 0.724. The monoisotopic (exact) mass is 512 g/mol. The lowest BCUT2D eigenvalue weighted by atomic mass is 9.98. The zero-order valence-corrected chi connectivity index (χ0v) is 22.1. The summed E-state index contributed by atoms with van der Waals surface area (Å²) in [7, 11) is 0. The Labute approximate surface area is 222 Å². The van der Waals surface area contributed by atoms with Crippen molar-refractivity contribution in [2.75, 3.05) is 6.61 Å². The molecule has 0 amide bonds. The third-order valence-corrected chi connectivity index (χ3v) is 6.24. The van der Waals surface area contributed by atoms with E-state index in [-0.39, 0.29) is 18.8 Å². The summed E-state index contributed by atoms with van der Waals surface area (Å²) in [5.41, 5.74) is 4.01. The molecule has 0 bridgehead atoms. The van der Waals surface area contributed by atoms with Crippen LogP contribution in [-0.2, 0) is 20.7 Å². The largest absolute Gasteiger partial charge is 0.469 e. The van der Waals surface area contributed by atoms with Crippen molar-refractivity contribution in [1.82, 2.24) is 9.97 Å². The standard InChI is InChI=1S/C31H32N2O5/c1-5-20-11-13-21(14-12-20)26-27-29(32-19-33-30(27)37-28(26)22-9-7-6-8-10-22)36-24-16-15-23(17-24)35-18-25(34)38-31(2,3)4/h6-16,19,23-24H,5,17-18H2,1-4H3/t23-,24-/m1/s1. The molecular weight excluding hydrogens is 480 g/mol. The minimum Gasteiger partial charge on any atom is -0.469 e. The first-order chi connectivity index (χ1) is 18.3. The van der Waals surface area contributed by atoms with Gasteiger partial charge in [-0.3, -0.25) is 0 Å². The molecule has 5 rings (SSSR count). The van der Waals surface area contributed by atoms with Crippen LogP contribution in [0.25, 0.3) is 33.6 Å². The first-order valence-electron chi connectivity index (χ1n) is 12.9. The van der Waals surface area contributed by atoms with Crippen LogP contribution < -0.4 is 4.74 Å². The highest BCUT2D eigenvalue weighted by atomic mass is 16.6. The number of nitrogens with zero attached hydrogens (tertiary/aromatic N) is 2. The van der Waals surface area contributed by atoms with Gasteiger partial charge in [-0.1, -0.05) is 67.6 Å². The van der Waals surface area contributed by atoms with Gasteiger partial charge in [-0.15, -0.1) is 0 Å². The number of aryl methyl sites for hydroxylation is 1. The second-order valence-corrected chi connectivity index (χ2v) is 10.3. The molecule has 1 aliphatic rings. The molecule has 1 aliphatic carbocycles. The van der Waals surface area contributed by atoms with Gasteiger partial charge in [0.15, 0.2) is 0 Å². The van der Waals surface area contributed by atoms with E-state index in [0.717, 1.165) is 34.3 Å². The van der Waals surface area contributed by atoms with Crippen LogP contribution in [0.2, 0.25) is 0 Å². The van der Waals surface area contributed by atoms with Crippen molar-refractivity contribution in [2.45, 2.75) is 58.3 Å². The van der Waals surface area contributed by atoms with Crippen molar-refractivity contribution in [3.05, 3.63) is 78.6 Å². The molecule has 0 unspecified atom stereocenters. The first kappa shape index (κ1) is 25.7. The van der Waals surface area contributed by atoms with Crippen molar-refractivity contribution < 1.29 is 23.4 Å². The number of carbonyl (C=O) groups is 1. The smallest absolute Gasteiger partial charge is 0.332 e. The van der Waals surface area contributed by atoms with E-state index in [2.05, 4.69) is 41.2 Å². The lowest BCUT2D eigenvalue weighted by Crippen LogP contribution is -2.28. The summed E-state index contributed by atoms with van der Waals surface area (Å²) in [6.07, 6.45) is 6.27. The SMILES string of the molecule is CCc1ccc(-c2c(-c3ccccc3)oc3ncnc(O[C@@H]4C=C[C@@H](OCC(=O)OC(C)(C)C)C4)c23)cc1. The maximum atomic E-state index is 12.0. The molecular formula is C31H32N2O5. The Hall–Kier alpha value is -3.97. The van der Waals surface area contributed by atoms with E-state index in [9.17, 15) is 4.79 Å². The maximum absolute atomic E-state index is 12.0. The highest BCUT2D eigenvalue weighted by molar-refractivity contribution is 6.03. The van der Waals surface area contributed by atoms with E-state index in [0.29, 0.717) is 18.0 Å². The minimum absolute atomic E-state index is 0.114. The quantitative estimate of drug-likeness (QED) is 0.195. The summed E-state index contributed by atoms with van der Waals surface area (Å²) < 4.78 is 23.8. The number of esters is 1. The molecule has 2 aromatic heterocycles. The Balaban J connectivity index is 1.42. The highest BCUT2D eigenvalue weighted by Crippen LogP contribution is 2.43. The summed E-state index contributed by atoms with van der Waals surface area (Å²) in [6, 6.07) is 18.4. The van der Waals surface area contributed by atoms with Crippen LogP contribution in [0.15, 0.2) is 77.5 Å². The third kappa shape index (κ3) is 5.78. The molecule has 38 heavy (non-hydrogen) atoms. The van der Waals surface area contributed by atoms with Gasteiger partial charge in [0.2, 0.25) is 11.6 Å². The molecule has 0 fully saturated rings. The summed E-state index contributed by atoms with van der Waals surface area (Å²) in [6.45, 7) is 7.52. The summed E-state index contributed by atoms with van der Waals surface area (Å²) in [4.78, 5) is 21.0. The molecule has 7 heteroatoms. The zero-order chi connectivity index (χ0) is 26.7. The minimum atomic E-state index is -0.548. The van der Waals surface area contributed by atoms with E-state index in [1.54, 1.807) is 0 Å². The molecule has 0 spiro atoms. The molecule has 7 nitrogen and oxygen atoms in total. The Kier molecular flexibility index (Phi) is 7.29. The number of fused-ring (bicyclic) bond motifs is 1. The van der Waals surface area contributed by atoms with E-state index < -0.39 is 11.6 Å². The molecule has 0 saturated heterocycles. The highest BCUT2D eigenvalue weighted by Gasteiger charge is 2.27. The number of hydrogen-bond acceptors (Lipinski definition) is 7. The Bertz CT molecular complexity index is 1440. The van der Waals surface area contributed by atoms with Crippen molar-refractivity contribution in [3.63, 3.8) is 0 Å². The van der Waals surface area contributed by atoms with Gasteiger partial charge in [-0.25, -0.2) is 14.8 Å². The molecule has 2 heterocycles. The topological polar surface area (TPSA) is 83.7 Å². The molecule has 0 aliphatic heterocycles. The Morgan fingerprint density at radius 2 is 1.71 bits per heavy atom. The van der Waals surface area contributed by atoms with Gasteiger partial charge in [0.25, 0.3) is 0 Å². The summed E-state index contributed by atoms with van der Waals surface area (Å²) in [5.74, 6) is 0.770. The fourth-order valence-corrected chi connectivity index (χ4v) is 4.51. The van der Waals surface area contributed by atoms with E-state index in [1.807, 2.05) is 63.3 Å². The molecule has 4 aromatic rings. The average molecular weight is 513 g/mol. The lowest BCUT2D eigenvalue weighted by Gasteiger charge is -2.20. The maximum Gasteiger partial charge on any atom is 0.332 e. The molecule has 0 saturated carbocycles. The number of hydrogen-bond donors (Lipinski definition) is 0. The van der Waals surface area contributed by atoms with Crippen molar-refractivity contribution >= 4 is 17.1 Å². The molecule has 0 radical (unpaired) electrons. The van der Waals surface area contributed by atoms with Crippen LogP contribution in [0.3, 0.4) is 0 Å². The van der Waals surface area contributed by atoms with Crippen molar-refractivity contribution in [2.24, 2.45) is 0 Å². The summed E-state index contributed by atoms with van der Waals surface area (Å²) >= 11 is 0. The number of carbonyl (C=O) groups excluding carboxylic acids is 1. The van der Waals surface area contributed by atoms with Crippen molar-refractivity contribution in [1.29, 1.82) is 0 Å². The van der Waals surface area contributed by atoms with Crippen LogP contribution in [0.4, 0.5) is 0 Å². The van der Waals surface area contributed by atoms with E-state index >= 15 is 0 Å². The molecule has 2 atom stereocenters. The predicted molar refractivity (Wildman–Crippen MR) is 146 cm³/mol. The van der Waals surface area contributed by atoms with Gasteiger partial charge in [-0.2, -0.15) is 0 Å². The van der Waals surface area contributed by atoms with Gasteiger partial charge in [0.05, 0.1) is 6.10 Å². The molecule has 196 valence electrons. The number of rotatable bonds is 8. The van der Waals surface area contributed by atoms with Gasteiger partial charge in [0, 0.05) is 17.5 Å². The van der Waals surface area contributed by atoms with Crippen LogP contribution in [0, 0.1) is 0 Å². The second kappa shape index (κ2) is 10.8. The lowest BCUT2D eigenvalue weighted by molar-refractivity contribution is -0.161. The molecule has 0 N–H and O–H groups in total. The number of aromatic nitrogens is 2. The van der Waals surface area contributed by atoms with Crippen LogP contribution in [-0.4, -0.2) is 40.4 Å². The predicted octanol–water partition coefficient (Wildman–Crippen LogP) is 6.55. The zero-order valence-electron chi connectivity index (χ0n) is 22.1. The Morgan fingerprint density at radius 1 is 0.974 bits per heavy atom. The second-order valence-electron chi connectivity index (χ2n) is 10.3. The fraction of sp³-hybridized carbons (Fsp3) is 0.323. The van der Waals surface area contributed by atoms with E-state index in [4.69, 9.17) is 18.6 Å². The normalized spacial score (nSPS) is 17.2. The van der Waals surface area contributed by atoms with E-state index in [1.165, 1.54) is 11.9 Å². The number of ether oxygens (including phenoxy) is 3. The first-order valence-corrected chi connectivity index (χ1v) is 12.9. The van der Waals surface area contributed by atoms with Crippen molar-refractivity contribution in [3.8, 4) is 28.3 Å². The van der Waals surface area contributed by atoms with Crippen LogP contribution >= 0.6 is 0 Å². The van der Waals surface area contributed by atoms with Gasteiger partial charge in [0.1, 0.15) is 35.8 Å².